The maximum absolute atomic E-state index is 8.92. The molecule has 1 heterocycles. The summed E-state index contributed by atoms with van der Waals surface area (Å²) in [5.74, 6) is 1.66. The molecule has 0 radical (unpaired) electrons. The molecule has 102 valence electrons. The van der Waals surface area contributed by atoms with Crippen LogP contribution in [0.25, 0.3) is 0 Å². The molecule has 0 spiro atoms. The van der Waals surface area contributed by atoms with E-state index in [2.05, 4.69) is 21.4 Å². The fourth-order valence-corrected chi connectivity index (χ4v) is 1.93. The first-order valence-corrected chi connectivity index (χ1v) is 6.49. The van der Waals surface area contributed by atoms with Crippen molar-refractivity contribution in [2.24, 2.45) is 0 Å². The van der Waals surface area contributed by atoms with Crippen molar-refractivity contribution in [3.8, 4) is 6.07 Å². The summed E-state index contributed by atoms with van der Waals surface area (Å²) in [6.45, 7) is 3.54. The average Bonchev–Trinajstić information content (AvgIpc) is 2.48. The van der Waals surface area contributed by atoms with Crippen molar-refractivity contribution >= 4 is 11.6 Å². The Bertz CT molecular complexity index is 618. The van der Waals surface area contributed by atoms with E-state index in [1.807, 2.05) is 43.1 Å². The van der Waals surface area contributed by atoms with Crippen LogP contribution in [0.15, 0.2) is 36.7 Å². The van der Waals surface area contributed by atoms with Crippen LogP contribution in [0.3, 0.4) is 0 Å². The lowest BCUT2D eigenvalue weighted by Gasteiger charge is -2.18. The summed E-state index contributed by atoms with van der Waals surface area (Å²) in [5, 5.41) is 12.1. The molecule has 5 heteroatoms. The Kier molecular flexibility index (Phi) is 4.51. The zero-order valence-electron chi connectivity index (χ0n) is 11.7. The molecule has 0 amide bonds. The molecule has 0 saturated heterocycles. The molecule has 0 aliphatic rings. The van der Waals surface area contributed by atoms with Crippen LogP contribution in [0.2, 0.25) is 0 Å². The molecular formula is C15H17N5. The molecule has 1 N–H and O–H groups in total. The molecule has 2 rings (SSSR count). The second kappa shape index (κ2) is 6.53. The van der Waals surface area contributed by atoms with Gasteiger partial charge >= 0.3 is 0 Å². The van der Waals surface area contributed by atoms with Crippen LogP contribution in [-0.4, -0.2) is 23.6 Å². The van der Waals surface area contributed by atoms with Crippen molar-refractivity contribution in [2.45, 2.75) is 13.5 Å². The lowest BCUT2D eigenvalue weighted by atomic mass is 10.1. The standard InChI is InChI=1S/C15H17N5/c1-3-17-14-8-15(19-11-18-14)20(2)10-13-6-4-5-12(7-13)9-16/h4-8,11H,3,10H2,1-2H3,(H,17,18,19). The number of benzene rings is 1. The van der Waals surface area contributed by atoms with Crippen LogP contribution in [0.5, 0.6) is 0 Å². The van der Waals surface area contributed by atoms with E-state index in [-0.39, 0.29) is 0 Å². The van der Waals surface area contributed by atoms with Gasteiger partial charge in [-0.05, 0) is 24.6 Å². The number of hydrogen-bond acceptors (Lipinski definition) is 5. The van der Waals surface area contributed by atoms with Crippen LogP contribution in [0.4, 0.5) is 11.6 Å². The van der Waals surface area contributed by atoms with Crippen molar-refractivity contribution in [3.63, 3.8) is 0 Å². The zero-order chi connectivity index (χ0) is 14.4. The van der Waals surface area contributed by atoms with E-state index in [9.17, 15) is 0 Å². The number of anilines is 2. The van der Waals surface area contributed by atoms with E-state index < -0.39 is 0 Å². The van der Waals surface area contributed by atoms with Crippen molar-refractivity contribution in [3.05, 3.63) is 47.8 Å². The topological polar surface area (TPSA) is 64.8 Å². The largest absolute Gasteiger partial charge is 0.370 e. The summed E-state index contributed by atoms with van der Waals surface area (Å²) in [4.78, 5) is 10.5. The Morgan fingerprint density at radius 1 is 1.30 bits per heavy atom. The maximum atomic E-state index is 8.92. The highest BCUT2D eigenvalue weighted by atomic mass is 15.2. The molecule has 0 fully saturated rings. The van der Waals surface area contributed by atoms with Crippen LogP contribution in [0, 0.1) is 11.3 Å². The van der Waals surface area contributed by atoms with Gasteiger partial charge in [0, 0.05) is 26.2 Å². The van der Waals surface area contributed by atoms with Crippen molar-refractivity contribution < 1.29 is 0 Å². The summed E-state index contributed by atoms with van der Waals surface area (Å²) in [6.07, 6.45) is 1.55. The molecule has 0 atom stereocenters. The van der Waals surface area contributed by atoms with Gasteiger partial charge in [0.15, 0.2) is 0 Å². The Balaban J connectivity index is 2.13. The van der Waals surface area contributed by atoms with Gasteiger partial charge < -0.3 is 10.2 Å². The Morgan fingerprint density at radius 2 is 2.15 bits per heavy atom. The molecule has 0 aliphatic carbocycles. The van der Waals surface area contributed by atoms with Crippen molar-refractivity contribution in [2.75, 3.05) is 23.8 Å². The number of nitrogens with zero attached hydrogens (tertiary/aromatic N) is 4. The normalized spacial score (nSPS) is 9.85. The van der Waals surface area contributed by atoms with Crippen LogP contribution in [-0.2, 0) is 6.54 Å². The second-order valence-corrected chi connectivity index (χ2v) is 4.46. The Hall–Kier alpha value is -2.61. The minimum atomic E-state index is 0.673. The lowest BCUT2D eigenvalue weighted by molar-refractivity contribution is 0.890. The molecule has 5 nitrogen and oxygen atoms in total. The van der Waals surface area contributed by atoms with Crippen molar-refractivity contribution in [1.29, 1.82) is 5.26 Å². The van der Waals surface area contributed by atoms with Gasteiger partial charge in [-0.1, -0.05) is 12.1 Å². The molecule has 2 aromatic rings. The molecular weight excluding hydrogens is 250 g/mol. The summed E-state index contributed by atoms with van der Waals surface area (Å²) in [5.41, 5.74) is 1.75. The van der Waals surface area contributed by atoms with Gasteiger partial charge in [-0.3, -0.25) is 0 Å². The summed E-state index contributed by atoms with van der Waals surface area (Å²) in [6, 6.07) is 11.7. The van der Waals surface area contributed by atoms with Gasteiger partial charge in [0.1, 0.15) is 18.0 Å². The second-order valence-electron chi connectivity index (χ2n) is 4.46. The molecule has 1 aromatic carbocycles. The predicted octanol–water partition coefficient (Wildman–Crippen LogP) is 2.42. The van der Waals surface area contributed by atoms with Gasteiger partial charge in [-0.15, -0.1) is 0 Å². The average molecular weight is 267 g/mol. The number of aromatic nitrogens is 2. The first-order valence-electron chi connectivity index (χ1n) is 6.49. The van der Waals surface area contributed by atoms with Gasteiger partial charge in [0.05, 0.1) is 11.6 Å². The third-order valence-corrected chi connectivity index (χ3v) is 2.88. The highest BCUT2D eigenvalue weighted by Gasteiger charge is 2.05. The molecule has 1 aromatic heterocycles. The Morgan fingerprint density at radius 3 is 2.90 bits per heavy atom. The van der Waals surface area contributed by atoms with Gasteiger partial charge in [-0.2, -0.15) is 5.26 Å². The zero-order valence-corrected chi connectivity index (χ0v) is 11.7. The van der Waals surface area contributed by atoms with E-state index in [0.717, 1.165) is 23.7 Å². The summed E-state index contributed by atoms with van der Waals surface area (Å²) < 4.78 is 0. The van der Waals surface area contributed by atoms with Gasteiger partial charge in [0.2, 0.25) is 0 Å². The quantitative estimate of drug-likeness (QED) is 0.901. The number of nitriles is 1. The van der Waals surface area contributed by atoms with E-state index in [1.165, 1.54) is 0 Å². The van der Waals surface area contributed by atoms with Crippen LogP contribution >= 0.6 is 0 Å². The third-order valence-electron chi connectivity index (χ3n) is 2.88. The third kappa shape index (κ3) is 3.45. The summed E-state index contributed by atoms with van der Waals surface area (Å²) >= 11 is 0. The number of nitrogens with one attached hydrogen (secondary N) is 1. The van der Waals surface area contributed by atoms with E-state index >= 15 is 0 Å². The van der Waals surface area contributed by atoms with Gasteiger partial charge in [-0.25, -0.2) is 9.97 Å². The van der Waals surface area contributed by atoms with E-state index in [1.54, 1.807) is 12.4 Å². The molecule has 20 heavy (non-hydrogen) atoms. The van der Waals surface area contributed by atoms with Crippen molar-refractivity contribution in [1.82, 2.24) is 9.97 Å². The lowest BCUT2D eigenvalue weighted by Crippen LogP contribution is -2.18. The number of hydrogen-bond donors (Lipinski definition) is 1. The molecule has 0 bridgehead atoms. The SMILES string of the molecule is CCNc1cc(N(C)Cc2cccc(C#N)c2)ncn1. The van der Waals surface area contributed by atoms with Crippen LogP contribution < -0.4 is 10.2 Å². The first-order chi connectivity index (χ1) is 9.72. The van der Waals surface area contributed by atoms with E-state index in [4.69, 9.17) is 5.26 Å². The van der Waals surface area contributed by atoms with Crippen LogP contribution in [0.1, 0.15) is 18.1 Å². The number of rotatable bonds is 5. The first kappa shape index (κ1) is 13.8. The minimum Gasteiger partial charge on any atom is -0.370 e. The monoisotopic (exact) mass is 267 g/mol. The smallest absolute Gasteiger partial charge is 0.134 e. The van der Waals surface area contributed by atoms with Gasteiger partial charge in [0.25, 0.3) is 0 Å². The highest BCUT2D eigenvalue weighted by Crippen LogP contribution is 2.15. The minimum absolute atomic E-state index is 0.673. The predicted molar refractivity (Wildman–Crippen MR) is 79.5 cm³/mol. The summed E-state index contributed by atoms with van der Waals surface area (Å²) in [7, 11) is 1.97. The fourth-order valence-electron chi connectivity index (χ4n) is 1.93. The molecule has 0 unspecified atom stereocenters. The fraction of sp³-hybridized carbons (Fsp3) is 0.267. The molecule has 0 saturated carbocycles. The van der Waals surface area contributed by atoms with E-state index in [0.29, 0.717) is 12.1 Å². The Labute approximate surface area is 118 Å². The maximum Gasteiger partial charge on any atom is 0.134 e. The molecule has 0 aliphatic heterocycles. The highest BCUT2D eigenvalue weighted by molar-refractivity contribution is 5.48.